The highest BCUT2D eigenvalue weighted by molar-refractivity contribution is 5.54. The van der Waals surface area contributed by atoms with E-state index in [1.807, 2.05) is 0 Å². The smallest absolute Gasteiger partial charge is 0.123 e. The molecule has 0 aromatic heterocycles. The van der Waals surface area contributed by atoms with E-state index in [1.165, 1.54) is 25.7 Å². The minimum Gasteiger partial charge on any atom is -0.375 e. The normalized spacial score (nSPS) is 51.3. The first-order valence-electron chi connectivity index (χ1n) is 5.92. The fourth-order valence-electron chi connectivity index (χ4n) is 3.95. The van der Waals surface area contributed by atoms with E-state index < -0.39 is 0 Å². The number of carbonyl (C=O) groups is 1. The van der Waals surface area contributed by atoms with Gasteiger partial charge in [0.1, 0.15) is 6.29 Å². The van der Waals surface area contributed by atoms with Crippen molar-refractivity contribution in [3.8, 4) is 0 Å². The van der Waals surface area contributed by atoms with Crippen LogP contribution in [0.4, 0.5) is 0 Å². The summed E-state index contributed by atoms with van der Waals surface area (Å²) >= 11 is 0. The van der Waals surface area contributed by atoms with Gasteiger partial charge in [-0.25, -0.2) is 0 Å². The summed E-state index contributed by atoms with van der Waals surface area (Å²) < 4.78 is 6.03. The molecule has 3 fully saturated rings. The Hall–Kier alpha value is -0.370. The molecule has 3 aliphatic rings. The van der Waals surface area contributed by atoms with Crippen molar-refractivity contribution in [2.45, 2.75) is 44.1 Å². The highest BCUT2D eigenvalue weighted by Gasteiger charge is 2.53. The van der Waals surface area contributed by atoms with Crippen LogP contribution >= 0.6 is 0 Å². The van der Waals surface area contributed by atoms with Crippen molar-refractivity contribution in [3.05, 3.63) is 0 Å². The van der Waals surface area contributed by atoms with Crippen LogP contribution in [0.3, 0.4) is 0 Å². The van der Waals surface area contributed by atoms with E-state index in [-0.39, 0.29) is 11.5 Å². The molecule has 1 aliphatic heterocycles. The molecule has 1 spiro atoms. The minimum atomic E-state index is 0.132. The third kappa shape index (κ3) is 1.16. The summed E-state index contributed by atoms with van der Waals surface area (Å²) in [6.45, 7) is 0.812. The standard InChI is InChI=1S/C12H18O2/c13-8-10-3-4-14-12(7-10)6-9-1-2-11(12)5-9/h8-11H,1-7H2. The Kier molecular flexibility index (Phi) is 1.94. The lowest BCUT2D eigenvalue weighted by molar-refractivity contribution is -0.139. The maximum atomic E-state index is 10.9. The fourth-order valence-corrected chi connectivity index (χ4v) is 3.95. The summed E-state index contributed by atoms with van der Waals surface area (Å²) in [6, 6.07) is 0. The van der Waals surface area contributed by atoms with Crippen LogP contribution in [0.2, 0.25) is 0 Å². The molecule has 0 N–H and O–H groups in total. The molecule has 0 aromatic rings. The van der Waals surface area contributed by atoms with Gasteiger partial charge in [0.15, 0.2) is 0 Å². The highest BCUT2D eigenvalue weighted by atomic mass is 16.5. The molecule has 1 heterocycles. The van der Waals surface area contributed by atoms with Gasteiger partial charge in [-0.15, -0.1) is 0 Å². The Morgan fingerprint density at radius 2 is 2.14 bits per heavy atom. The Bertz CT molecular complexity index is 251. The summed E-state index contributed by atoms with van der Waals surface area (Å²) in [4.78, 5) is 10.9. The van der Waals surface area contributed by atoms with E-state index in [1.54, 1.807) is 0 Å². The Balaban J connectivity index is 1.79. The summed E-state index contributed by atoms with van der Waals surface area (Å²) in [5.41, 5.74) is 0.132. The van der Waals surface area contributed by atoms with Gasteiger partial charge in [-0.3, -0.25) is 0 Å². The van der Waals surface area contributed by atoms with E-state index in [0.717, 1.165) is 37.6 Å². The Morgan fingerprint density at radius 1 is 1.21 bits per heavy atom. The van der Waals surface area contributed by atoms with Gasteiger partial charge in [0.25, 0.3) is 0 Å². The van der Waals surface area contributed by atoms with Crippen LogP contribution in [-0.4, -0.2) is 18.5 Å². The fraction of sp³-hybridized carbons (Fsp3) is 0.917. The highest BCUT2D eigenvalue weighted by Crippen LogP contribution is 2.56. The second-order valence-corrected chi connectivity index (χ2v) is 5.38. The van der Waals surface area contributed by atoms with E-state index in [4.69, 9.17) is 4.74 Å². The summed E-state index contributed by atoms with van der Waals surface area (Å²) in [5.74, 6) is 1.96. The topological polar surface area (TPSA) is 26.3 Å². The van der Waals surface area contributed by atoms with E-state index >= 15 is 0 Å². The van der Waals surface area contributed by atoms with Crippen molar-refractivity contribution in [2.24, 2.45) is 17.8 Å². The monoisotopic (exact) mass is 194 g/mol. The maximum absolute atomic E-state index is 10.9. The molecule has 0 amide bonds. The predicted octanol–water partition coefficient (Wildman–Crippen LogP) is 2.17. The number of aldehydes is 1. The number of fused-ring (bicyclic) bond motifs is 3. The average molecular weight is 194 g/mol. The molecule has 14 heavy (non-hydrogen) atoms. The van der Waals surface area contributed by atoms with Crippen molar-refractivity contribution < 1.29 is 9.53 Å². The van der Waals surface area contributed by atoms with Gasteiger partial charge in [-0.05, 0) is 50.4 Å². The van der Waals surface area contributed by atoms with Crippen LogP contribution in [-0.2, 0) is 9.53 Å². The Morgan fingerprint density at radius 3 is 2.79 bits per heavy atom. The number of hydrogen-bond acceptors (Lipinski definition) is 2. The third-order valence-corrected chi connectivity index (χ3v) is 4.60. The third-order valence-electron chi connectivity index (χ3n) is 4.60. The van der Waals surface area contributed by atoms with Gasteiger partial charge in [-0.2, -0.15) is 0 Å². The molecule has 4 atom stereocenters. The second-order valence-electron chi connectivity index (χ2n) is 5.38. The SMILES string of the molecule is O=CC1CCOC2(C1)CC1CCC2C1. The lowest BCUT2D eigenvalue weighted by Crippen LogP contribution is -2.44. The molecule has 2 nitrogen and oxygen atoms in total. The number of rotatable bonds is 1. The first-order chi connectivity index (χ1) is 6.82. The van der Waals surface area contributed by atoms with Crippen LogP contribution in [0.1, 0.15) is 38.5 Å². The second kappa shape index (κ2) is 3.06. The summed E-state index contributed by atoms with van der Waals surface area (Å²) in [5, 5.41) is 0. The first-order valence-corrected chi connectivity index (χ1v) is 5.92. The average Bonchev–Trinajstić information content (AvgIpc) is 2.78. The maximum Gasteiger partial charge on any atom is 0.123 e. The van der Waals surface area contributed by atoms with Gasteiger partial charge < -0.3 is 9.53 Å². The molecule has 2 saturated carbocycles. The van der Waals surface area contributed by atoms with Gasteiger partial charge in [0, 0.05) is 12.5 Å². The molecule has 78 valence electrons. The van der Waals surface area contributed by atoms with Crippen LogP contribution in [0.5, 0.6) is 0 Å². The van der Waals surface area contributed by atoms with Crippen molar-refractivity contribution in [1.29, 1.82) is 0 Å². The van der Waals surface area contributed by atoms with Crippen molar-refractivity contribution in [1.82, 2.24) is 0 Å². The Labute approximate surface area is 85.0 Å². The quantitative estimate of drug-likeness (QED) is 0.598. The summed E-state index contributed by atoms with van der Waals surface area (Å²) in [6.07, 6.45) is 8.46. The lowest BCUT2D eigenvalue weighted by atomic mass is 9.76. The van der Waals surface area contributed by atoms with Crippen molar-refractivity contribution in [2.75, 3.05) is 6.61 Å². The molecule has 1 saturated heterocycles. The number of carbonyl (C=O) groups excluding carboxylic acids is 1. The zero-order chi connectivity index (χ0) is 9.60. The minimum absolute atomic E-state index is 0.132. The first kappa shape index (κ1) is 8.90. The van der Waals surface area contributed by atoms with E-state index in [9.17, 15) is 4.79 Å². The predicted molar refractivity (Wildman–Crippen MR) is 52.9 cm³/mol. The van der Waals surface area contributed by atoms with Crippen LogP contribution in [0.25, 0.3) is 0 Å². The molecule has 2 aliphatic carbocycles. The van der Waals surface area contributed by atoms with Crippen LogP contribution < -0.4 is 0 Å². The molecular weight excluding hydrogens is 176 g/mol. The molecule has 2 bridgehead atoms. The van der Waals surface area contributed by atoms with Crippen molar-refractivity contribution >= 4 is 6.29 Å². The summed E-state index contributed by atoms with van der Waals surface area (Å²) in [7, 11) is 0. The van der Waals surface area contributed by atoms with E-state index in [2.05, 4.69) is 0 Å². The van der Waals surface area contributed by atoms with Gasteiger partial charge in [0.05, 0.1) is 5.60 Å². The molecule has 0 aromatic carbocycles. The van der Waals surface area contributed by atoms with Gasteiger partial charge in [-0.1, -0.05) is 0 Å². The molecule has 2 heteroatoms. The molecule has 0 radical (unpaired) electrons. The van der Waals surface area contributed by atoms with Gasteiger partial charge >= 0.3 is 0 Å². The molecule has 3 rings (SSSR count). The van der Waals surface area contributed by atoms with Crippen molar-refractivity contribution in [3.63, 3.8) is 0 Å². The number of ether oxygens (including phenoxy) is 1. The zero-order valence-electron chi connectivity index (χ0n) is 8.58. The molecule has 4 unspecified atom stereocenters. The zero-order valence-corrected chi connectivity index (χ0v) is 8.58. The lowest BCUT2D eigenvalue weighted by Gasteiger charge is -2.42. The van der Waals surface area contributed by atoms with Crippen LogP contribution in [0.15, 0.2) is 0 Å². The van der Waals surface area contributed by atoms with Gasteiger partial charge in [0.2, 0.25) is 0 Å². The van der Waals surface area contributed by atoms with E-state index in [0.29, 0.717) is 0 Å². The number of hydrogen-bond donors (Lipinski definition) is 0. The largest absolute Gasteiger partial charge is 0.375 e. The molecular formula is C12H18O2. The van der Waals surface area contributed by atoms with Crippen LogP contribution in [0, 0.1) is 17.8 Å².